The molecule has 0 fully saturated rings. The molecule has 27 heavy (non-hydrogen) atoms. The molecule has 0 radical (unpaired) electrons. The van der Waals surface area contributed by atoms with Gasteiger partial charge in [-0.3, -0.25) is 0 Å². The Balaban J connectivity index is 1.54. The largest absolute Gasteiger partial charge is 0.434 e. The lowest BCUT2D eigenvalue weighted by atomic mass is 10.1. The number of aromatic nitrogens is 1. The Morgan fingerprint density at radius 3 is 2.78 bits per heavy atom. The van der Waals surface area contributed by atoms with E-state index in [-0.39, 0.29) is 0 Å². The van der Waals surface area contributed by atoms with Crippen molar-refractivity contribution in [1.29, 1.82) is 0 Å². The number of thiazole rings is 1. The maximum absolute atomic E-state index is 12.6. The molecule has 2 aromatic rings. The van der Waals surface area contributed by atoms with Crippen molar-refractivity contribution >= 4 is 17.3 Å². The SMILES string of the molecule is CCNC(=NCc1ccc2c(c1)CCC2)NCCc1nc(C(F)(F)F)cs1. The number of alkyl halides is 3. The van der Waals surface area contributed by atoms with E-state index in [4.69, 9.17) is 0 Å². The topological polar surface area (TPSA) is 49.3 Å². The molecular weight excluding hydrogens is 373 g/mol. The Hall–Kier alpha value is -2.09. The zero-order valence-electron chi connectivity index (χ0n) is 15.2. The Morgan fingerprint density at radius 1 is 1.22 bits per heavy atom. The van der Waals surface area contributed by atoms with Crippen LogP contribution in [0.5, 0.6) is 0 Å². The fraction of sp³-hybridized carbons (Fsp3) is 0.474. The highest BCUT2D eigenvalue weighted by Gasteiger charge is 2.33. The van der Waals surface area contributed by atoms with E-state index in [1.54, 1.807) is 0 Å². The van der Waals surface area contributed by atoms with E-state index < -0.39 is 11.9 Å². The van der Waals surface area contributed by atoms with Crippen molar-refractivity contribution in [2.75, 3.05) is 13.1 Å². The van der Waals surface area contributed by atoms with Crippen LogP contribution in [0.3, 0.4) is 0 Å². The van der Waals surface area contributed by atoms with Crippen molar-refractivity contribution in [1.82, 2.24) is 15.6 Å². The fourth-order valence-corrected chi connectivity index (χ4v) is 3.88. The van der Waals surface area contributed by atoms with Crippen molar-refractivity contribution in [3.05, 3.63) is 51.0 Å². The summed E-state index contributed by atoms with van der Waals surface area (Å²) in [5.41, 5.74) is 3.21. The zero-order chi connectivity index (χ0) is 19.3. The predicted molar refractivity (Wildman–Crippen MR) is 102 cm³/mol. The van der Waals surface area contributed by atoms with Gasteiger partial charge in [0.1, 0.15) is 0 Å². The van der Waals surface area contributed by atoms with Crippen molar-refractivity contribution in [3.8, 4) is 0 Å². The van der Waals surface area contributed by atoms with Crippen LogP contribution in [-0.2, 0) is 32.0 Å². The normalized spacial score (nSPS) is 14.3. The summed E-state index contributed by atoms with van der Waals surface area (Å²) in [4.78, 5) is 8.23. The number of aryl methyl sites for hydroxylation is 2. The molecule has 3 rings (SSSR count). The van der Waals surface area contributed by atoms with Crippen LogP contribution in [0.15, 0.2) is 28.6 Å². The molecule has 1 aromatic heterocycles. The average Bonchev–Trinajstić information content (AvgIpc) is 3.28. The van der Waals surface area contributed by atoms with Gasteiger partial charge in [-0.2, -0.15) is 13.2 Å². The van der Waals surface area contributed by atoms with Crippen molar-refractivity contribution in [3.63, 3.8) is 0 Å². The molecule has 0 amide bonds. The molecular formula is C19H23F3N4S. The van der Waals surface area contributed by atoms with Gasteiger partial charge in [0.2, 0.25) is 0 Å². The van der Waals surface area contributed by atoms with Crippen LogP contribution in [0.2, 0.25) is 0 Å². The minimum atomic E-state index is -4.38. The second kappa shape index (κ2) is 8.73. The van der Waals surface area contributed by atoms with Gasteiger partial charge in [-0.15, -0.1) is 11.3 Å². The van der Waals surface area contributed by atoms with Gasteiger partial charge < -0.3 is 10.6 Å². The predicted octanol–water partition coefficient (Wildman–Crippen LogP) is 3.95. The summed E-state index contributed by atoms with van der Waals surface area (Å²) in [6.07, 6.45) is -0.438. The first-order chi connectivity index (χ1) is 13.0. The second-order valence-electron chi connectivity index (χ2n) is 6.45. The standard InChI is InChI=1S/C19H23F3N4S/c1-2-23-18(24-9-8-17-26-16(12-27-17)19(20,21)22)25-11-13-6-7-14-4-3-5-15(14)10-13/h6-7,10,12H,2-5,8-9,11H2,1H3,(H2,23,24,25). The van der Waals surface area contributed by atoms with E-state index in [1.165, 1.54) is 23.1 Å². The molecule has 0 unspecified atom stereocenters. The number of nitrogens with one attached hydrogen (secondary N) is 2. The Kier molecular flexibility index (Phi) is 6.36. The van der Waals surface area contributed by atoms with Crippen LogP contribution in [-0.4, -0.2) is 24.0 Å². The number of fused-ring (bicyclic) bond motifs is 1. The summed E-state index contributed by atoms with van der Waals surface area (Å²) in [5, 5.41) is 7.85. The van der Waals surface area contributed by atoms with Gasteiger partial charge >= 0.3 is 6.18 Å². The van der Waals surface area contributed by atoms with E-state index in [1.807, 2.05) is 6.92 Å². The highest BCUT2D eigenvalue weighted by molar-refractivity contribution is 7.09. The number of aliphatic imine (C=N–C) groups is 1. The second-order valence-corrected chi connectivity index (χ2v) is 7.40. The summed E-state index contributed by atoms with van der Waals surface area (Å²) in [5.74, 6) is 0.658. The smallest absolute Gasteiger partial charge is 0.357 e. The number of halogens is 3. The van der Waals surface area contributed by atoms with E-state index in [9.17, 15) is 13.2 Å². The summed E-state index contributed by atoms with van der Waals surface area (Å²) >= 11 is 1.03. The van der Waals surface area contributed by atoms with Gasteiger partial charge in [0.05, 0.1) is 11.6 Å². The Bertz CT molecular complexity index is 798. The third-order valence-corrected chi connectivity index (χ3v) is 5.31. The number of guanidine groups is 1. The maximum atomic E-state index is 12.6. The highest BCUT2D eigenvalue weighted by atomic mass is 32.1. The van der Waals surface area contributed by atoms with Gasteiger partial charge in [-0.25, -0.2) is 9.98 Å². The van der Waals surface area contributed by atoms with E-state index in [2.05, 4.69) is 38.8 Å². The summed E-state index contributed by atoms with van der Waals surface area (Å²) in [6.45, 7) is 3.73. The summed E-state index contributed by atoms with van der Waals surface area (Å²) < 4.78 is 37.8. The number of benzene rings is 1. The minimum Gasteiger partial charge on any atom is -0.357 e. The highest BCUT2D eigenvalue weighted by Crippen LogP contribution is 2.30. The molecule has 8 heteroatoms. The van der Waals surface area contributed by atoms with Crippen molar-refractivity contribution in [2.24, 2.45) is 4.99 Å². The first kappa shape index (κ1) is 19.7. The van der Waals surface area contributed by atoms with Gasteiger partial charge in [0, 0.05) is 24.9 Å². The molecule has 0 aliphatic heterocycles. The van der Waals surface area contributed by atoms with E-state index in [0.29, 0.717) is 37.0 Å². The number of hydrogen-bond donors (Lipinski definition) is 2. The van der Waals surface area contributed by atoms with Crippen molar-refractivity contribution in [2.45, 2.75) is 45.3 Å². The first-order valence-electron chi connectivity index (χ1n) is 9.10. The number of nitrogens with zero attached hydrogens (tertiary/aromatic N) is 2. The lowest BCUT2D eigenvalue weighted by molar-refractivity contribution is -0.140. The van der Waals surface area contributed by atoms with Gasteiger partial charge in [-0.05, 0) is 42.9 Å². The molecule has 1 aromatic carbocycles. The van der Waals surface area contributed by atoms with Crippen LogP contribution in [0, 0.1) is 0 Å². The van der Waals surface area contributed by atoms with E-state index >= 15 is 0 Å². The molecule has 1 aliphatic rings. The maximum Gasteiger partial charge on any atom is 0.434 e. The van der Waals surface area contributed by atoms with Crippen LogP contribution in [0.1, 0.15) is 40.7 Å². The molecule has 0 spiro atoms. The Morgan fingerprint density at radius 2 is 2.04 bits per heavy atom. The average molecular weight is 396 g/mol. The first-order valence-corrected chi connectivity index (χ1v) is 9.98. The molecule has 0 atom stereocenters. The lowest BCUT2D eigenvalue weighted by Crippen LogP contribution is -2.38. The van der Waals surface area contributed by atoms with Gasteiger partial charge in [-0.1, -0.05) is 18.2 Å². The molecule has 0 bridgehead atoms. The summed E-state index contributed by atoms with van der Waals surface area (Å²) in [6, 6.07) is 6.53. The summed E-state index contributed by atoms with van der Waals surface area (Å²) in [7, 11) is 0. The van der Waals surface area contributed by atoms with E-state index in [0.717, 1.165) is 29.6 Å². The zero-order valence-corrected chi connectivity index (χ0v) is 16.0. The Labute approximate surface area is 160 Å². The molecule has 1 aliphatic carbocycles. The minimum absolute atomic E-state index is 0.421. The monoisotopic (exact) mass is 396 g/mol. The van der Waals surface area contributed by atoms with Crippen LogP contribution in [0.25, 0.3) is 0 Å². The molecule has 4 nitrogen and oxygen atoms in total. The van der Waals surface area contributed by atoms with Gasteiger partial charge in [0.15, 0.2) is 11.7 Å². The molecule has 146 valence electrons. The molecule has 2 N–H and O–H groups in total. The van der Waals surface area contributed by atoms with Crippen molar-refractivity contribution < 1.29 is 13.2 Å². The van der Waals surface area contributed by atoms with Crippen LogP contribution < -0.4 is 10.6 Å². The third-order valence-electron chi connectivity index (χ3n) is 4.40. The van der Waals surface area contributed by atoms with Crippen LogP contribution in [0.4, 0.5) is 13.2 Å². The van der Waals surface area contributed by atoms with Crippen LogP contribution >= 0.6 is 11.3 Å². The molecule has 0 saturated heterocycles. The third kappa shape index (κ3) is 5.45. The quantitative estimate of drug-likeness (QED) is 0.574. The van der Waals surface area contributed by atoms with Gasteiger partial charge in [0.25, 0.3) is 0 Å². The number of hydrogen-bond acceptors (Lipinski definition) is 3. The fourth-order valence-electron chi connectivity index (χ4n) is 3.08. The molecule has 1 heterocycles. The lowest BCUT2D eigenvalue weighted by Gasteiger charge is -2.11. The molecule has 0 saturated carbocycles. The number of rotatable bonds is 6.